The van der Waals surface area contributed by atoms with Crippen LogP contribution in [0.3, 0.4) is 0 Å². The zero-order valence-corrected chi connectivity index (χ0v) is 19.3. The van der Waals surface area contributed by atoms with Gasteiger partial charge < -0.3 is 19.7 Å². The van der Waals surface area contributed by atoms with E-state index in [1.807, 2.05) is 78.9 Å². The third-order valence-corrected chi connectivity index (χ3v) is 7.19. The number of carbonyl (C=O) groups excluding carboxylic acids is 2. The summed E-state index contributed by atoms with van der Waals surface area (Å²) in [5.74, 6) is -0.543. The maximum Gasteiger partial charge on any atom is 0.246 e. The smallest absolute Gasteiger partial charge is 0.246 e. The normalized spacial score (nSPS) is 17.3. The monoisotopic (exact) mass is 464 g/mol. The lowest BCUT2D eigenvalue weighted by Crippen LogP contribution is -2.57. The minimum Gasteiger partial charge on any atom is -0.530 e. The van der Waals surface area contributed by atoms with Crippen LogP contribution in [0.1, 0.15) is 35.4 Å². The fourth-order valence-corrected chi connectivity index (χ4v) is 5.51. The van der Waals surface area contributed by atoms with Gasteiger partial charge in [0.15, 0.2) is 0 Å². The van der Waals surface area contributed by atoms with E-state index >= 15 is 0 Å². The van der Waals surface area contributed by atoms with E-state index in [9.17, 15) is 20.0 Å². The van der Waals surface area contributed by atoms with Gasteiger partial charge >= 0.3 is 0 Å². The van der Waals surface area contributed by atoms with Crippen LogP contribution in [-0.2, 0) is 11.2 Å². The van der Waals surface area contributed by atoms with E-state index in [2.05, 4.69) is 6.07 Å². The molecular weight excluding hydrogens is 438 g/mol. The van der Waals surface area contributed by atoms with Crippen molar-refractivity contribution in [2.45, 2.75) is 37.3 Å². The molecule has 1 heterocycles. The fourth-order valence-electron chi connectivity index (χ4n) is 5.51. The first kappa shape index (κ1) is 22.7. The topological polar surface area (TPSA) is 87.5 Å². The van der Waals surface area contributed by atoms with Gasteiger partial charge in [-0.1, -0.05) is 78.9 Å². The number of benzene rings is 3. The second kappa shape index (κ2) is 9.63. The Bertz CT molecular complexity index is 1240. The first-order valence-corrected chi connectivity index (χ1v) is 12.0. The number of carbonyl (C=O) groups is 2. The molecule has 1 aliphatic heterocycles. The SMILES string of the molecule is N#CC1CCCN1C(=O)C(Cc1ccccc1)N(CC1c2ccccc2-c2ccccc21)C(=O)[O-]. The van der Waals surface area contributed by atoms with Crippen molar-refractivity contribution >= 4 is 12.0 Å². The number of hydrogen-bond donors (Lipinski definition) is 0. The summed E-state index contributed by atoms with van der Waals surface area (Å²) in [7, 11) is 0. The van der Waals surface area contributed by atoms with Crippen LogP contribution < -0.4 is 5.11 Å². The largest absolute Gasteiger partial charge is 0.530 e. The molecule has 6 heteroatoms. The molecule has 0 spiro atoms. The van der Waals surface area contributed by atoms with Crippen molar-refractivity contribution in [1.29, 1.82) is 5.26 Å². The molecule has 1 aliphatic carbocycles. The van der Waals surface area contributed by atoms with Gasteiger partial charge in [0.1, 0.15) is 18.2 Å². The van der Waals surface area contributed by atoms with E-state index in [-0.39, 0.29) is 24.8 Å². The van der Waals surface area contributed by atoms with Crippen LogP contribution in [0.4, 0.5) is 4.79 Å². The van der Waals surface area contributed by atoms with E-state index in [0.29, 0.717) is 13.0 Å². The predicted molar refractivity (Wildman–Crippen MR) is 130 cm³/mol. The highest BCUT2D eigenvalue weighted by atomic mass is 16.4. The summed E-state index contributed by atoms with van der Waals surface area (Å²) in [5, 5.41) is 22.2. The molecule has 2 amide bonds. The Balaban J connectivity index is 1.53. The zero-order chi connectivity index (χ0) is 24.4. The van der Waals surface area contributed by atoms with Crippen LogP contribution in [0.15, 0.2) is 78.9 Å². The summed E-state index contributed by atoms with van der Waals surface area (Å²) in [5.41, 5.74) is 5.11. The summed E-state index contributed by atoms with van der Waals surface area (Å²) in [6.07, 6.45) is 0.179. The number of nitriles is 1. The van der Waals surface area contributed by atoms with Gasteiger partial charge in [0.25, 0.3) is 0 Å². The summed E-state index contributed by atoms with van der Waals surface area (Å²) in [6, 6.07) is 26.1. The number of fused-ring (bicyclic) bond motifs is 3. The Labute approximate surface area is 205 Å². The lowest BCUT2D eigenvalue weighted by atomic mass is 9.94. The predicted octanol–water partition coefficient (Wildman–Crippen LogP) is 3.57. The summed E-state index contributed by atoms with van der Waals surface area (Å²) in [4.78, 5) is 29.1. The zero-order valence-electron chi connectivity index (χ0n) is 19.3. The molecule has 6 nitrogen and oxygen atoms in total. The lowest BCUT2D eigenvalue weighted by Gasteiger charge is -2.38. The third-order valence-electron chi connectivity index (χ3n) is 7.19. The second-order valence-corrected chi connectivity index (χ2v) is 9.17. The quantitative estimate of drug-likeness (QED) is 0.558. The molecule has 1 saturated heterocycles. The van der Waals surface area contributed by atoms with Crippen LogP contribution in [-0.4, -0.2) is 47.0 Å². The number of likely N-dealkylation sites (tertiary alicyclic amines) is 1. The molecular formula is C29H26N3O3-. The van der Waals surface area contributed by atoms with Gasteiger partial charge in [0, 0.05) is 25.4 Å². The highest BCUT2D eigenvalue weighted by Crippen LogP contribution is 2.45. The maximum absolute atomic E-state index is 13.8. The van der Waals surface area contributed by atoms with E-state index in [4.69, 9.17) is 0 Å². The first-order valence-electron chi connectivity index (χ1n) is 12.0. The van der Waals surface area contributed by atoms with Crippen molar-refractivity contribution in [3.05, 3.63) is 95.6 Å². The van der Waals surface area contributed by atoms with E-state index in [1.54, 1.807) is 4.90 Å². The lowest BCUT2D eigenvalue weighted by molar-refractivity contribution is -0.268. The van der Waals surface area contributed by atoms with Crippen LogP contribution in [0, 0.1) is 11.3 Å². The van der Waals surface area contributed by atoms with Gasteiger partial charge in [-0.25, -0.2) is 0 Å². The maximum atomic E-state index is 13.8. The summed E-state index contributed by atoms with van der Waals surface area (Å²) >= 11 is 0. The van der Waals surface area contributed by atoms with E-state index in [0.717, 1.165) is 34.2 Å². The molecule has 3 aromatic carbocycles. The molecule has 3 aromatic rings. The van der Waals surface area contributed by atoms with Crippen molar-refractivity contribution in [2.75, 3.05) is 13.1 Å². The number of carboxylic acid groups (broad SMARTS) is 1. The molecule has 5 rings (SSSR count). The van der Waals surface area contributed by atoms with Crippen molar-refractivity contribution in [3.63, 3.8) is 0 Å². The number of amides is 2. The average molecular weight is 465 g/mol. The van der Waals surface area contributed by atoms with Crippen molar-refractivity contribution in [2.24, 2.45) is 0 Å². The van der Waals surface area contributed by atoms with Gasteiger partial charge in [-0.05, 0) is 40.7 Å². The molecule has 2 atom stereocenters. The van der Waals surface area contributed by atoms with Crippen molar-refractivity contribution in [1.82, 2.24) is 9.80 Å². The summed E-state index contributed by atoms with van der Waals surface area (Å²) < 4.78 is 0. The summed E-state index contributed by atoms with van der Waals surface area (Å²) in [6.45, 7) is 0.559. The molecule has 0 bridgehead atoms. The Hall–Kier alpha value is -4.11. The van der Waals surface area contributed by atoms with Gasteiger partial charge in [0.05, 0.1) is 6.07 Å². The molecule has 1 fully saturated rings. The molecule has 35 heavy (non-hydrogen) atoms. The van der Waals surface area contributed by atoms with Crippen molar-refractivity contribution < 1.29 is 14.7 Å². The van der Waals surface area contributed by atoms with Gasteiger partial charge in [-0.3, -0.25) is 4.79 Å². The Morgan fingerprint density at radius 3 is 2.17 bits per heavy atom. The van der Waals surface area contributed by atoms with E-state index < -0.39 is 18.2 Å². The molecule has 0 N–H and O–H groups in total. The minimum absolute atomic E-state index is 0.102. The van der Waals surface area contributed by atoms with Gasteiger partial charge in [-0.2, -0.15) is 5.26 Å². The van der Waals surface area contributed by atoms with Crippen LogP contribution in [0.25, 0.3) is 11.1 Å². The van der Waals surface area contributed by atoms with E-state index in [1.165, 1.54) is 4.90 Å². The molecule has 2 unspecified atom stereocenters. The molecule has 0 aromatic heterocycles. The molecule has 0 radical (unpaired) electrons. The Morgan fingerprint density at radius 2 is 1.57 bits per heavy atom. The highest BCUT2D eigenvalue weighted by molar-refractivity contribution is 5.86. The minimum atomic E-state index is -1.38. The molecule has 2 aliphatic rings. The average Bonchev–Trinajstić information content (AvgIpc) is 3.49. The highest BCUT2D eigenvalue weighted by Gasteiger charge is 2.38. The number of rotatable bonds is 6. The second-order valence-electron chi connectivity index (χ2n) is 9.17. The molecule has 176 valence electrons. The standard InChI is InChI=1S/C29H27N3O3/c30-18-21-11-8-16-31(21)28(33)27(17-20-9-2-1-3-10-20)32(29(34)35)19-26-24-14-6-4-12-22(24)23-13-5-7-15-25(23)26/h1-7,9-10,12-15,21,26-27H,8,11,16-17,19H2,(H,34,35)/p-1. The van der Waals surface area contributed by atoms with Crippen LogP contribution in [0.2, 0.25) is 0 Å². The Kier molecular flexibility index (Phi) is 6.24. The number of nitrogens with zero attached hydrogens (tertiary/aromatic N) is 3. The Morgan fingerprint density at radius 1 is 0.971 bits per heavy atom. The van der Waals surface area contributed by atoms with Gasteiger partial charge in [-0.15, -0.1) is 0 Å². The van der Waals surface area contributed by atoms with Crippen LogP contribution >= 0.6 is 0 Å². The fraction of sp³-hybridized carbons (Fsp3) is 0.276. The van der Waals surface area contributed by atoms with Crippen molar-refractivity contribution in [3.8, 4) is 17.2 Å². The third kappa shape index (κ3) is 4.26. The van der Waals surface area contributed by atoms with Gasteiger partial charge in [0.2, 0.25) is 5.91 Å². The van der Waals surface area contributed by atoms with Crippen LogP contribution in [0.5, 0.6) is 0 Å². The number of hydrogen-bond acceptors (Lipinski definition) is 4. The molecule has 0 saturated carbocycles. The first-order chi connectivity index (χ1) is 17.1.